The van der Waals surface area contributed by atoms with Crippen molar-refractivity contribution in [1.29, 1.82) is 5.26 Å². The molecule has 0 unspecified atom stereocenters. The van der Waals surface area contributed by atoms with Crippen molar-refractivity contribution in [2.45, 2.75) is 6.92 Å². The molecule has 2 rings (SSSR count). The van der Waals surface area contributed by atoms with Crippen LogP contribution in [-0.2, 0) is 0 Å². The first kappa shape index (κ1) is 14.3. The Bertz CT molecular complexity index is 707. The molecule has 0 fully saturated rings. The molecule has 6 nitrogen and oxygen atoms in total. The number of nitrogens with zero attached hydrogens (tertiary/aromatic N) is 2. The van der Waals surface area contributed by atoms with Gasteiger partial charge in [0.15, 0.2) is 0 Å². The second-order valence-electron chi connectivity index (χ2n) is 4.31. The maximum absolute atomic E-state index is 11.3. The maximum atomic E-state index is 11.3. The van der Waals surface area contributed by atoms with Gasteiger partial charge in [-0.15, -0.1) is 0 Å². The fourth-order valence-electron chi connectivity index (χ4n) is 2.00. The lowest BCUT2D eigenvalue weighted by Gasteiger charge is -2.11. The highest BCUT2D eigenvalue weighted by molar-refractivity contribution is 5.79. The Hall–Kier alpha value is -3.07. The number of nitrogens with one attached hydrogen (secondary N) is 2. The molecular formula is C15H14N4O2. The van der Waals surface area contributed by atoms with Crippen molar-refractivity contribution in [1.82, 2.24) is 0 Å². The second-order valence-corrected chi connectivity index (χ2v) is 4.31. The molecule has 0 aliphatic carbocycles. The Labute approximate surface area is 122 Å². The number of nitro benzene ring substituents is 1. The lowest BCUT2D eigenvalue weighted by Crippen LogP contribution is -2.04. The highest BCUT2D eigenvalue weighted by atomic mass is 16.6. The van der Waals surface area contributed by atoms with E-state index in [9.17, 15) is 10.1 Å². The van der Waals surface area contributed by atoms with Gasteiger partial charge in [0.1, 0.15) is 11.4 Å². The first-order valence-corrected chi connectivity index (χ1v) is 6.44. The van der Waals surface area contributed by atoms with E-state index in [2.05, 4.69) is 10.6 Å². The molecule has 2 N–H and O–H groups in total. The molecule has 0 saturated carbocycles. The van der Waals surface area contributed by atoms with Gasteiger partial charge in [-0.25, -0.2) is 0 Å². The third kappa shape index (κ3) is 3.28. The van der Waals surface area contributed by atoms with Crippen LogP contribution in [0.15, 0.2) is 42.5 Å². The van der Waals surface area contributed by atoms with E-state index in [4.69, 9.17) is 5.26 Å². The summed E-state index contributed by atoms with van der Waals surface area (Å²) in [6.07, 6.45) is 0. The molecule has 0 spiro atoms. The molecule has 106 valence electrons. The maximum Gasteiger partial charge on any atom is 0.315 e. The van der Waals surface area contributed by atoms with Crippen molar-refractivity contribution in [3.8, 4) is 6.07 Å². The molecule has 0 aromatic heterocycles. The highest BCUT2D eigenvalue weighted by Crippen LogP contribution is 2.34. The van der Waals surface area contributed by atoms with Crippen LogP contribution in [0.3, 0.4) is 0 Å². The van der Waals surface area contributed by atoms with Crippen molar-refractivity contribution in [2.75, 3.05) is 17.2 Å². The van der Waals surface area contributed by atoms with Crippen LogP contribution in [0.4, 0.5) is 22.7 Å². The van der Waals surface area contributed by atoms with Crippen molar-refractivity contribution in [3.05, 3.63) is 58.1 Å². The molecule has 0 aliphatic heterocycles. The number of anilines is 3. The second kappa shape index (κ2) is 6.39. The predicted octanol–water partition coefficient (Wildman–Crippen LogP) is 3.64. The summed E-state index contributed by atoms with van der Waals surface area (Å²) in [6, 6.07) is 13.9. The topological polar surface area (TPSA) is 91.0 Å². The molecule has 0 atom stereocenters. The van der Waals surface area contributed by atoms with Crippen LogP contribution in [-0.4, -0.2) is 11.5 Å². The van der Waals surface area contributed by atoms with Crippen LogP contribution in [0.5, 0.6) is 0 Å². The molecule has 0 radical (unpaired) electrons. The molecule has 0 bridgehead atoms. The number of benzene rings is 2. The molecule has 0 saturated heterocycles. The van der Waals surface area contributed by atoms with Gasteiger partial charge in [0.25, 0.3) is 0 Å². The molecule has 0 aliphatic rings. The Morgan fingerprint density at radius 2 is 1.95 bits per heavy atom. The SMILES string of the molecule is CCNc1cccc(Nc2cccc(C#N)c2)c1[N+](=O)[O-]. The van der Waals surface area contributed by atoms with Gasteiger partial charge < -0.3 is 10.6 Å². The van der Waals surface area contributed by atoms with Crippen molar-refractivity contribution >= 4 is 22.7 Å². The van der Waals surface area contributed by atoms with E-state index in [1.807, 2.05) is 13.0 Å². The number of hydrogen-bond donors (Lipinski definition) is 2. The average molecular weight is 282 g/mol. The number of rotatable bonds is 5. The van der Waals surface area contributed by atoms with Crippen molar-refractivity contribution in [3.63, 3.8) is 0 Å². The van der Waals surface area contributed by atoms with Crippen LogP contribution in [0.1, 0.15) is 12.5 Å². The molecule has 2 aromatic rings. The van der Waals surface area contributed by atoms with Gasteiger partial charge in [0.2, 0.25) is 0 Å². The normalized spacial score (nSPS) is 9.71. The van der Waals surface area contributed by atoms with E-state index in [1.165, 1.54) is 0 Å². The molecular weight excluding hydrogens is 268 g/mol. The summed E-state index contributed by atoms with van der Waals surface area (Å²) in [4.78, 5) is 10.9. The zero-order valence-corrected chi connectivity index (χ0v) is 11.5. The lowest BCUT2D eigenvalue weighted by molar-refractivity contribution is -0.383. The minimum absolute atomic E-state index is 0.0123. The quantitative estimate of drug-likeness (QED) is 0.645. The van der Waals surface area contributed by atoms with Gasteiger partial charge in [0.05, 0.1) is 16.6 Å². The van der Waals surface area contributed by atoms with Crippen LogP contribution >= 0.6 is 0 Å². The van der Waals surface area contributed by atoms with E-state index in [1.54, 1.807) is 42.5 Å². The summed E-state index contributed by atoms with van der Waals surface area (Å²) < 4.78 is 0. The third-order valence-electron chi connectivity index (χ3n) is 2.86. The van der Waals surface area contributed by atoms with Gasteiger partial charge in [-0.1, -0.05) is 12.1 Å². The monoisotopic (exact) mass is 282 g/mol. The van der Waals surface area contributed by atoms with Crippen molar-refractivity contribution in [2.24, 2.45) is 0 Å². The Kier molecular flexibility index (Phi) is 4.36. The molecule has 2 aromatic carbocycles. The average Bonchev–Trinajstić information content (AvgIpc) is 2.47. The summed E-state index contributed by atoms with van der Waals surface area (Å²) in [7, 11) is 0. The molecule has 0 heterocycles. The number of nitriles is 1. The number of hydrogen-bond acceptors (Lipinski definition) is 5. The van der Waals surface area contributed by atoms with Gasteiger partial charge in [-0.2, -0.15) is 5.26 Å². The summed E-state index contributed by atoms with van der Waals surface area (Å²) in [5.41, 5.74) is 1.95. The Morgan fingerprint density at radius 1 is 1.24 bits per heavy atom. The van der Waals surface area contributed by atoms with E-state index in [0.29, 0.717) is 29.2 Å². The Balaban J connectivity index is 2.41. The Morgan fingerprint density at radius 3 is 2.62 bits per heavy atom. The summed E-state index contributed by atoms with van der Waals surface area (Å²) in [5.74, 6) is 0. The van der Waals surface area contributed by atoms with Crippen LogP contribution in [0, 0.1) is 21.4 Å². The number of nitro groups is 1. The highest BCUT2D eigenvalue weighted by Gasteiger charge is 2.19. The first-order chi connectivity index (χ1) is 10.2. The van der Waals surface area contributed by atoms with Gasteiger partial charge in [-0.05, 0) is 37.3 Å². The van der Waals surface area contributed by atoms with E-state index >= 15 is 0 Å². The largest absolute Gasteiger partial charge is 0.380 e. The number of para-hydroxylation sites is 1. The minimum Gasteiger partial charge on any atom is -0.380 e. The van der Waals surface area contributed by atoms with Crippen LogP contribution in [0.25, 0.3) is 0 Å². The lowest BCUT2D eigenvalue weighted by atomic mass is 10.2. The van der Waals surface area contributed by atoms with Crippen molar-refractivity contribution < 1.29 is 4.92 Å². The van der Waals surface area contributed by atoms with Gasteiger partial charge >= 0.3 is 5.69 Å². The van der Waals surface area contributed by atoms with Gasteiger partial charge in [-0.3, -0.25) is 10.1 Å². The summed E-state index contributed by atoms with van der Waals surface area (Å²) in [5, 5.41) is 26.2. The molecule has 6 heteroatoms. The predicted molar refractivity (Wildman–Crippen MR) is 81.7 cm³/mol. The fourth-order valence-corrected chi connectivity index (χ4v) is 2.00. The molecule has 21 heavy (non-hydrogen) atoms. The minimum atomic E-state index is -0.422. The van der Waals surface area contributed by atoms with Gasteiger partial charge in [0, 0.05) is 12.2 Å². The molecule has 0 amide bonds. The summed E-state index contributed by atoms with van der Waals surface area (Å²) >= 11 is 0. The standard InChI is InChI=1S/C15H14N4O2/c1-2-17-13-7-4-8-14(15(13)19(20)21)18-12-6-3-5-11(9-12)10-16/h3-9,17-18H,2H2,1H3. The third-order valence-corrected chi connectivity index (χ3v) is 2.86. The van der Waals surface area contributed by atoms with E-state index in [-0.39, 0.29) is 5.69 Å². The summed E-state index contributed by atoms with van der Waals surface area (Å²) in [6.45, 7) is 2.47. The first-order valence-electron chi connectivity index (χ1n) is 6.44. The van der Waals surface area contributed by atoms with Crippen LogP contribution < -0.4 is 10.6 Å². The van der Waals surface area contributed by atoms with E-state index < -0.39 is 4.92 Å². The van der Waals surface area contributed by atoms with Crippen LogP contribution in [0.2, 0.25) is 0 Å². The van der Waals surface area contributed by atoms with E-state index in [0.717, 1.165) is 0 Å². The fraction of sp³-hybridized carbons (Fsp3) is 0.133. The zero-order valence-electron chi connectivity index (χ0n) is 11.5. The smallest absolute Gasteiger partial charge is 0.315 e. The zero-order chi connectivity index (χ0) is 15.2.